The quantitative estimate of drug-likeness (QED) is 0.164. The van der Waals surface area contributed by atoms with Crippen LogP contribution >= 0.6 is 34.4 Å². The molecule has 1 amide bonds. The second-order valence-electron chi connectivity index (χ2n) is 9.85. The molecule has 2 N–H and O–H groups in total. The fraction of sp³-hybridized carbons (Fsp3) is 0.444. The van der Waals surface area contributed by atoms with Gasteiger partial charge in [0.05, 0.1) is 27.0 Å². The third kappa shape index (κ3) is 8.26. The van der Waals surface area contributed by atoms with Gasteiger partial charge in [-0.3, -0.25) is 9.79 Å². The normalized spacial score (nSPS) is 20.9. The first kappa shape index (κ1) is 29.5. The van der Waals surface area contributed by atoms with Crippen molar-refractivity contribution in [2.24, 2.45) is 4.99 Å². The van der Waals surface area contributed by atoms with Gasteiger partial charge in [0.1, 0.15) is 23.4 Å². The van der Waals surface area contributed by atoms with E-state index in [9.17, 15) is 18.0 Å². The minimum atomic E-state index is -4.63. The molecule has 0 radical (unpaired) electrons. The summed E-state index contributed by atoms with van der Waals surface area (Å²) >= 11 is 3.95. The summed E-state index contributed by atoms with van der Waals surface area (Å²) in [7, 11) is 0. The van der Waals surface area contributed by atoms with Crippen molar-refractivity contribution >= 4 is 51.8 Å². The van der Waals surface area contributed by atoms with Crippen LogP contribution in [0.1, 0.15) is 63.2 Å². The van der Waals surface area contributed by atoms with Gasteiger partial charge in [0, 0.05) is 29.6 Å². The highest BCUT2D eigenvalue weighted by Gasteiger charge is 2.36. The molecular formula is C27H30F3IN4O3S. The maximum Gasteiger partial charge on any atom is 0.420 e. The maximum atomic E-state index is 13.7. The minimum absolute atomic E-state index is 0.0260. The van der Waals surface area contributed by atoms with Gasteiger partial charge in [0.15, 0.2) is 0 Å². The minimum Gasteiger partial charge on any atom is -0.490 e. The number of aliphatic imine (C=N–C) groups is 1. The van der Waals surface area contributed by atoms with Gasteiger partial charge in [-0.2, -0.15) is 13.2 Å². The number of anilines is 1. The van der Waals surface area contributed by atoms with E-state index < -0.39 is 23.8 Å². The molecule has 7 nitrogen and oxygen atoms in total. The number of hydrogen-bond acceptors (Lipinski definition) is 6. The summed E-state index contributed by atoms with van der Waals surface area (Å²) in [5.41, 5.74) is -0.903. The SMILES string of the molecule is C=CC(=O)Nc1ccc(O[C@@H]2CCC[C@@H](N=C3CC(SCc4ncc(C(C)(C)I)o4)=CN3)C2)c(C(F)(F)F)c1. The lowest BCUT2D eigenvalue weighted by molar-refractivity contribution is -0.139. The third-order valence-corrected chi connectivity index (χ3v) is 7.79. The summed E-state index contributed by atoms with van der Waals surface area (Å²) in [5, 5.41) is 5.58. The Labute approximate surface area is 243 Å². The van der Waals surface area contributed by atoms with Gasteiger partial charge in [0.25, 0.3) is 0 Å². The van der Waals surface area contributed by atoms with Crippen molar-refractivity contribution in [3.05, 3.63) is 65.4 Å². The number of oxazole rings is 1. The van der Waals surface area contributed by atoms with Crippen LogP contribution in [0.2, 0.25) is 0 Å². The Bertz CT molecular complexity index is 1270. The van der Waals surface area contributed by atoms with E-state index in [0.717, 1.165) is 41.5 Å². The summed E-state index contributed by atoms with van der Waals surface area (Å²) in [4.78, 5) is 21.8. The highest BCUT2D eigenvalue weighted by molar-refractivity contribution is 14.1. The molecule has 1 aliphatic carbocycles. The number of halogens is 4. The second kappa shape index (κ2) is 12.4. The van der Waals surface area contributed by atoms with Gasteiger partial charge in [-0.15, -0.1) is 11.8 Å². The van der Waals surface area contributed by atoms with E-state index >= 15 is 0 Å². The number of carbonyl (C=O) groups excluding carboxylic acids is 1. The van der Waals surface area contributed by atoms with Gasteiger partial charge in [0.2, 0.25) is 11.8 Å². The number of nitrogens with one attached hydrogen (secondary N) is 2. The van der Waals surface area contributed by atoms with Crippen LogP contribution in [0.25, 0.3) is 0 Å². The predicted octanol–water partition coefficient (Wildman–Crippen LogP) is 7.34. The van der Waals surface area contributed by atoms with Crippen LogP contribution in [0.15, 0.2) is 57.6 Å². The number of rotatable bonds is 9. The zero-order chi connectivity index (χ0) is 28.2. The molecular weight excluding hydrogens is 644 g/mol. The van der Waals surface area contributed by atoms with Crippen LogP contribution in [0.4, 0.5) is 18.9 Å². The van der Waals surface area contributed by atoms with E-state index in [4.69, 9.17) is 14.1 Å². The molecule has 0 saturated heterocycles. The van der Waals surface area contributed by atoms with Crippen LogP contribution in [-0.2, 0) is 20.1 Å². The molecule has 1 aliphatic heterocycles. The second-order valence-corrected chi connectivity index (χ2v) is 13.6. The number of nitrogens with zero attached hydrogens (tertiary/aromatic N) is 2. The Kier molecular flexibility index (Phi) is 9.35. The highest BCUT2D eigenvalue weighted by atomic mass is 127. The van der Waals surface area contributed by atoms with Crippen LogP contribution in [0.5, 0.6) is 5.75 Å². The van der Waals surface area contributed by atoms with Gasteiger partial charge >= 0.3 is 6.18 Å². The van der Waals surface area contributed by atoms with Crippen molar-refractivity contribution in [3.63, 3.8) is 0 Å². The average Bonchev–Trinajstić information content (AvgIpc) is 3.53. The average molecular weight is 675 g/mol. The van der Waals surface area contributed by atoms with E-state index in [1.165, 1.54) is 12.1 Å². The lowest BCUT2D eigenvalue weighted by Gasteiger charge is -2.29. The molecule has 2 aromatic rings. The Morgan fingerprint density at radius 1 is 1.38 bits per heavy atom. The first-order chi connectivity index (χ1) is 18.4. The Hall–Kier alpha value is -2.48. The van der Waals surface area contributed by atoms with E-state index in [2.05, 4.69) is 58.6 Å². The molecule has 0 spiro atoms. The maximum absolute atomic E-state index is 13.7. The fourth-order valence-corrected chi connectivity index (χ4v) is 5.36. The number of ether oxygens (including phenoxy) is 1. The third-order valence-electron chi connectivity index (χ3n) is 6.23. The topological polar surface area (TPSA) is 88.8 Å². The molecule has 12 heteroatoms. The molecule has 2 atom stereocenters. The number of amidine groups is 1. The van der Waals surface area contributed by atoms with Crippen LogP contribution < -0.4 is 15.4 Å². The zero-order valence-corrected chi connectivity index (χ0v) is 24.6. The Morgan fingerprint density at radius 3 is 2.87 bits per heavy atom. The summed E-state index contributed by atoms with van der Waals surface area (Å²) in [6.07, 6.45) is 3.13. The number of carbonyl (C=O) groups is 1. The highest BCUT2D eigenvalue weighted by Crippen LogP contribution is 2.40. The molecule has 2 heterocycles. The molecule has 2 aliphatic rings. The number of alkyl halides is 4. The first-order valence-electron chi connectivity index (χ1n) is 12.5. The molecule has 4 rings (SSSR count). The standard InChI is InChI=1S/C27H30F3IN4O3S/c1-4-24(36)35-17-8-9-21(20(11-17)27(28,29)30)37-18-7-5-6-16(10-18)34-23-12-19(13-32-23)39-15-25-33-14-22(38-25)26(2,3)31/h4,8-9,11,13-14,16,18H,1,5-7,10,12,15H2,2-3H3,(H,32,34)(H,35,36)/t16-,18-/m1/s1. The molecule has 1 aromatic carbocycles. The molecule has 39 heavy (non-hydrogen) atoms. The molecule has 1 aromatic heterocycles. The summed E-state index contributed by atoms with van der Waals surface area (Å²) < 4.78 is 52.8. The first-order valence-corrected chi connectivity index (χ1v) is 14.6. The number of hydrogen-bond donors (Lipinski definition) is 2. The predicted molar refractivity (Wildman–Crippen MR) is 155 cm³/mol. The van der Waals surface area contributed by atoms with Crippen molar-refractivity contribution in [2.45, 2.75) is 73.4 Å². The smallest absolute Gasteiger partial charge is 0.420 e. The van der Waals surface area contributed by atoms with E-state index in [0.29, 0.717) is 30.9 Å². The van der Waals surface area contributed by atoms with Crippen molar-refractivity contribution in [1.82, 2.24) is 10.3 Å². The summed E-state index contributed by atoms with van der Waals surface area (Å²) in [6.45, 7) is 7.44. The Morgan fingerprint density at radius 2 is 2.18 bits per heavy atom. The van der Waals surface area contributed by atoms with Gasteiger partial charge in [-0.1, -0.05) is 29.2 Å². The molecule has 1 fully saturated rings. The summed E-state index contributed by atoms with van der Waals surface area (Å²) in [5.74, 6) is 2.12. The van der Waals surface area contributed by atoms with E-state index in [1.807, 2.05) is 6.20 Å². The number of amides is 1. The van der Waals surface area contributed by atoms with Gasteiger partial charge < -0.3 is 19.8 Å². The zero-order valence-electron chi connectivity index (χ0n) is 21.6. The monoisotopic (exact) mass is 674 g/mol. The lowest BCUT2D eigenvalue weighted by Crippen LogP contribution is -2.29. The largest absolute Gasteiger partial charge is 0.490 e. The number of aromatic nitrogens is 1. The Balaban J connectivity index is 1.33. The summed E-state index contributed by atoms with van der Waals surface area (Å²) in [6, 6.07) is 3.47. The number of thioether (sulfide) groups is 1. The van der Waals surface area contributed by atoms with Crippen LogP contribution in [-0.4, -0.2) is 28.9 Å². The van der Waals surface area contributed by atoms with Gasteiger partial charge in [-0.25, -0.2) is 4.98 Å². The lowest BCUT2D eigenvalue weighted by atomic mass is 9.93. The van der Waals surface area contributed by atoms with Crippen molar-refractivity contribution in [2.75, 3.05) is 5.32 Å². The molecule has 0 bridgehead atoms. The van der Waals surface area contributed by atoms with E-state index in [-0.39, 0.29) is 20.9 Å². The fourth-order valence-electron chi connectivity index (χ4n) is 4.28. The van der Waals surface area contributed by atoms with Crippen molar-refractivity contribution in [1.29, 1.82) is 0 Å². The van der Waals surface area contributed by atoms with Crippen LogP contribution in [0, 0.1) is 0 Å². The molecule has 210 valence electrons. The molecule has 1 saturated carbocycles. The van der Waals surface area contributed by atoms with Crippen molar-refractivity contribution in [3.8, 4) is 5.75 Å². The van der Waals surface area contributed by atoms with E-state index in [1.54, 1.807) is 18.0 Å². The van der Waals surface area contributed by atoms with Crippen molar-refractivity contribution < 1.29 is 27.1 Å². The molecule has 0 unspecified atom stereocenters. The van der Waals surface area contributed by atoms with Gasteiger partial charge in [-0.05, 0) is 57.4 Å². The van der Waals surface area contributed by atoms with Crippen LogP contribution in [0.3, 0.4) is 0 Å². The number of benzene rings is 1.